The summed E-state index contributed by atoms with van der Waals surface area (Å²) in [5.74, 6) is 0.575. The first-order chi connectivity index (χ1) is 13.6. The Morgan fingerprint density at radius 2 is 2.07 bits per heavy atom. The van der Waals surface area contributed by atoms with E-state index in [1.807, 2.05) is 43.5 Å². The van der Waals surface area contributed by atoms with Crippen LogP contribution in [0.5, 0.6) is 0 Å². The molecule has 0 aromatic carbocycles. The van der Waals surface area contributed by atoms with Crippen LogP contribution in [0.3, 0.4) is 0 Å². The highest BCUT2D eigenvalue weighted by Gasteiger charge is 2.19. The molecule has 0 spiro atoms. The summed E-state index contributed by atoms with van der Waals surface area (Å²) < 4.78 is 1.71. The maximum atomic E-state index is 12.8. The SMILES string of the molecule is Cc1nc2ncnn2c(C)c1CCC(=O)N[C@@H](c1ccncc1)c1cccs1. The second-order valence-corrected chi connectivity index (χ2v) is 7.51. The number of rotatable bonds is 6. The van der Waals surface area contributed by atoms with Crippen molar-refractivity contribution in [3.63, 3.8) is 0 Å². The summed E-state index contributed by atoms with van der Waals surface area (Å²) in [5, 5.41) is 9.39. The number of nitrogens with zero attached hydrogens (tertiary/aromatic N) is 5. The van der Waals surface area contributed by atoms with Crippen molar-refractivity contribution in [2.45, 2.75) is 32.7 Å². The number of thiophene rings is 1. The van der Waals surface area contributed by atoms with Gasteiger partial charge >= 0.3 is 0 Å². The van der Waals surface area contributed by atoms with E-state index in [4.69, 9.17) is 0 Å². The molecular formula is C20H20N6OS. The van der Waals surface area contributed by atoms with Crippen molar-refractivity contribution in [1.82, 2.24) is 29.9 Å². The summed E-state index contributed by atoms with van der Waals surface area (Å²) in [7, 11) is 0. The lowest BCUT2D eigenvalue weighted by Gasteiger charge is -2.18. The molecule has 0 aliphatic heterocycles. The zero-order valence-electron chi connectivity index (χ0n) is 15.7. The van der Waals surface area contributed by atoms with E-state index in [1.54, 1.807) is 28.2 Å². The molecule has 4 heterocycles. The van der Waals surface area contributed by atoms with Gasteiger partial charge in [0.05, 0.1) is 6.04 Å². The number of pyridine rings is 1. The smallest absolute Gasteiger partial charge is 0.252 e. The normalized spacial score (nSPS) is 12.2. The third kappa shape index (κ3) is 3.63. The number of aromatic nitrogens is 5. The van der Waals surface area contributed by atoms with Crippen LogP contribution < -0.4 is 5.32 Å². The number of amides is 1. The van der Waals surface area contributed by atoms with Crippen LogP contribution >= 0.6 is 11.3 Å². The maximum absolute atomic E-state index is 12.8. The molecule has 4 aromatic rings. The highest BCUT2D eigenvalue weighted by Crippen LogP contribution is 2.26. The monoisotopic (exact) mass is 392 g/mol. The number of carbonyl (C=O) groups is 1. The number of nitrogens with one attached hydrogen (secondary N) is 1. The molecule has 0 unspecified atom stereocenters. The van der Waals surface area contributed by atoms with E-state index in [0.29, 0.717) is 18.6 Å². The fourth-order valence-electron chi connectivity index (χ4n) is 3.32. The lowest BCUT2D eigenvalue weighted by molar-refractivity contribution is -0.121. The predicted molar refractivity (Wildman–Crippen MR) is 107 cm³/mol. The van der Waals surface area contributed by atoms with E-state index in [-0.39, 0.29) is 11.9 Å². The van der Waals surface area contributed by atoms with E-state index in [1.165, 1.54) is 6.33 Å². The number of aryl methyl sites for hydroxylation is 2. The van der Waals surface area contributed by atoms with Crippen LogP contribution in [-0.4, -0.2) is 30.5 Å². The fraction of sp³-hybridized carbons (Fsp3) is 0.250. The van der Waals surface area contributed by atoms with Gasteiger partial charge < -0.3 is 5.32 Å². The Balaban J connectivity index is 1.50. The first-order valence-electron chi connectivity index (χ1n) is 9.02. The first kappa shape index (κ1) is 18.2. The lowest BCUT2D eigenvalue weighted by Crippen LogP contribution is -2.29. The molecular weight excluding hydrogens is 372 g/mol. The summed E-state index contributed by atoms with van der Waals surface area (Å²) >= 11 is 1.63. The molecule has 1 atom stereocenters. The molecule has 1 amide bonds. The van der Waals surface area contributed by atoms with E-state index in [0.717, 1.165) is 27.4 Å². The van der Waals surface area contributed by atoms with Crippen LogP contribution in [0.15, 0.2) is 48.4 Å². The number of fused-ring (bicyclic) bond motifs is 1. The van der Waals surface area contributed by atoms with Crippen molar-refractivity contribution in [1.29, 1.82) is 0 Å². The van der Waals surface area contributed by atoms with Crippen LogP contribution in [0.1, 0.15) is 39.9 Å². The average Bonchev–Trinajstić information content (AvgIpc) is 3.38. The van der Waals surface area contributed by atoms with Crippen LogP contribution in [0.4, 0.5) is 0 Å². The first-order valence-corrected chi connectivity index (χ1v) is 9.90. The van der Waals surface area contributed by atoms with Crippen LogP contribution in [0.2, 0.25) is 0 Å². The lowest BCUT2D eigenvalue weighted by atomic mass is 10.0. The average molecular weight is 392 g/mol. The van der Waals surface area contributed by atoms with Gasteiger partial charge in [0.1, 0.15) is 6.33 Å². The Hall–Kier alpha value is -3.13. The van der Waals surface area contributed by atoms with E-state index < -0.39 is 0 Å². The van der Waals surface area contributed by atoms with Gasteiger partial charge in [-0.3, -0.25) is 9.78 Å². The molecule has 8 heteroatoms. The van der Waals surface area contributed by atoms with Gasteiger partial charge in [-0.25, -0.2) is 9.50 Å². The Kier molecular flexibility index (Phi) is 5.12. The maximum Gasteiger partial charge on any atom is 0.252 e. The molecule has 1 N–H and O–H groups in total. The molecule has 0 aliphatic rings. The van der Waals surface area contributed by atoms with E-state index in [2.05, 4.69) is 25.4 Å². The molecule has 0 bridgehead atoms. The van der Waals surface area contributed by atoms with Crippen LogP contribution in [0.25, 0.3) is 5.78 Å². The highest BCUT2D eigenvalue weighted by atomic mass is 32.1. The summed E-state index contributed by atoms with van der Waals surface area (Å²) in [5.41, 5.74) is 3.90. The summed E-state index contributed by atoms with van der Waals surface area (Å²) in [6.45, 7) is 3.93. The summed E-state index contributed by atoms with van der Waals surface area (Å²) in [6.07, 6.45) is 5.95. The van der Waals surface area contributed by atoms with Gasteiger partial charge in [0.25, 0.3) is 5.78 Å². The zero-order valence-corrected chi connectivity index (χ0v) is 16.5. The van der Waals surface area contributed by atoms with Gasteiger partial charge in [-0.15, -0.1) is 11.3 Å². The largest absolute Gasteiger partial charge is 0.344 e. The van der Waals surface area contributed by atoms with E-state index in [9.17, 15) is 4.79 Å². The number of hydrogen-bond acceptors (Lipinski definition) is 6. The third-order valence-corrected chi connectivity index (χ3v) is 5.70. The van der Waals surface area contributed by atoms with Gasteiger partial charge in [0.15, 0.2) is 0 Å². The molecule has 0 saturated carbocycles. The highest BCUT2D eigenvalue weighted by molar-refractivity contribution is 7.10. The molecule has 0 saturated heterocycles. The minimum Gasteiger partial charge on any atom is -0.344 e. The number of carbonyl (C=O) groups excluding carboxylic acids is 1. The molecule has 7 nitrogen and oxygen atoms in total. The van der Waals surface area contributed by atoms with Crippen molar-refractivity contribution in [3.05, 3.63) is 75.8 Å². The molecule has 28 heavy (non-hydrogen) atoms. The molecule has 4 aromatic heterocycles. The van der Waals surface area contributed by atoms with Crippen molar-refractivity contribution in [3.8, 4) is 0 Å². The van der Waals surface area contributed by atoms with Crippen LogP contribution in [0, 0.1) is 13.8 Å². The minimum absolute atomic E-state index is 0.00676. The molecule has 0 aliphatic carbocycles. The Bertz CT molecular complexity index is 1090. The van der Waals surface area contributed by atoms with Gasteiger partial charge in [-0.1, -0.05) is 6.07 Å². The second-order valence-electron chi connectivity index (χ2n) is 6.53. The van der Waals surface area contributed by atoms with Crippen molar-refractivity contribution >= 4 is 23.0 Å². The van der Waals surface area contributed by atoms with Gasteiger partial charge in [-0.05, 0) is 55.0 Å². The minimum atomic E-state index is -0.173. The van der Waals surface area contributed by atoms with E-state index >= 15 is 0 Å². The van der Waals surface area contributed by atoms with Crippen LogP contribution in [-0.2, 0) is 11.2 Å². The predicted octanol–water partition coefficient (Wildman–Crippen LogP) is 3.04. The molecule has 4 rings (SSSR count). The zero-order chi connectivity index (χ0) is 19.5. The third-order valence-electron chi connectivity index (χ3n) is 4.76. The Morgan fingerprint density at radius 3 is 2.82 bits per heavy atom. The molecule has 0 radical (unpaired) electrons. The Morgan fingerprint density at radius 1 is 1.25 bits per heavy atom. The topological polar surface area (TPSA) is 85.1 Å². The number of hydrogen-bond donors (Lipinski definition) is 1. The molecule has 142 valence electrons. The van der Waals surface area contributed by atoms with Crippen molar-refractivity contribution in [2.75, 3.05) is 0 Å². The quantitative estimate of drug-likeness (QED) is 0.545. The van der Waals surface area contributed by atoms with Gasteiger partial charge in [0, 0.05) is 35.1 Å². The fourth-order valence-corrected chi connectivity index (χ4v) is 4.12. The van der Waals surface area contributed by atoms with Gasteiger partial charge in [0.2, 0.25) is 5.91 Å². The molecule has 0 fully saturated rings. The summed E-state index contributed by atoms with van der Waals surface area (Å²) in [4.78, 5) is 26.5. The van der Waals surface area contributed by atoms with Gasteiger partial charge in [-0.2, -0.15) is 10.1 Å². The second kappa shape index (κ2) is 7.85. The summed E-state index contributed by atoms with van der Waals surface area (Å²) in [6, 6.07) is 7.72. The Labute approximate surface area is 166 Å². The van der Waals surface area contributed by atoms with Crippen molar-refractivity contribution in [2.24, 2.45) is 0 Å². The standard InChI is InChI=1S/C20H20N6OS/c1-13-16(14(2)26-20(24-13)22-12-23-26)5-6-18(27)25-19(17-4-3-11-28-17)15-7-9-21-10-8-15/h3-4,7-12,19H,5-6H2,1-2H3,(H,25,27)/t19-/m0/s1. The van der Waals surface area contributed by atoms with Crippen molar-refractivity contribution < 1.29 is 4.79 Å².